The summed E-state index contributed by atoms with van der Waals surface area (Å²) in [7, 11) is 0. The molecule has 0 atom stereocenters. The van der Waals surface area contributed by atoms with E-state index in [9.17, 15) is 9.59 Å². The van der Waals surface area contributed by atoms with Crippen LogP contribution in [0.3, 0.4) is 0 Å². The third-order valence-electron chi connectivity index (χ3n) is 6.57. The van der Waals surface area contributed by atoms with Crippen molar-refractivity contribution in [2.45, 2.75) is 32.1 Å². The summed E-state index contributed by atoms with van der Waals surface area (Å²) in [5, 5.41) is 6.06. The Morgan fingerprint density at radius 1 is 1.06 bits per heavy atom. The quantitative estimate of drug-likeness (QED) is 0.586. The smallest absolute Gasteiger partial charge is 0.251 e. The standard InChI is InChI=1S/C27H32N2O3/c1-2-14-28-26(31)27(12-15-32-16-13-27)18-23-6-3-4-9-24(23)21-7-5-8-22(17-21)25(30)29-19-20-10-11-20/h2-9,17,20H,1,10-16,18-19H2,(H,28,31)(H,29,30). The van der Waals surface area contributed by atoms with Crippen molar-refractivity contribution in [2.75, 3.05) is 26.3 Å². The van der Waals surface area contributed by atoms with Crippen molar-refractivity contribution in [3.05, 3.63) is 72.3 Å². The monoisotopic (exact) mass is 432 g/mol. The molecule has 4 rings (SSSR count). The number of hydrogen-bond acceptors (Lipinski definition) is 3. The zero-order valence-electron chi connectivity index (χ0n) is 18.6. The topological polar surface area (TPSA) is 67.4 Å². The Morgan fingerprint density at radius 3 is 2.59 bits per heavy atom. The lowest BCUT2D eigenvalue weighted by Crippen LogP contribution is -2.46. The molecular weight excluding hydrogens is 400 g/mol. The predicted molar refractivity (Wildman–Crippen MR) is 126 cm³/mol. The number of amides is 2. The van der Waals surface area contributed by atoms with Crippen LogP contribution < -0.4 is 10.6 Å². The summed E-state index contributed by atoms with van der Waals surface area (Å²) in [6.07, 6.45) is 6.13. The van der Waals surface area contributed by atoms with Gasteiger partial charge in [0.1, 0.15) is 0 Å². The maximum absolute atomic E-state index is 13.1. The first kappa shape index (κ1) is 22.3. The van der Waals surface area contributed by atoms with Crippen molar-refractivity contribution in [2.24, 2.45) is 11.3 Å². The molecule has 168 valence electrons. The highest BCUT2D eigenvalue weighted by Crippen LogP contribution is 2.38. The predicted octanol–water partition coefficient (Wildman–Crippen LogP) is 4.13. The first-order valence-electron chi connectivity index (χ1n) is 11.5. The van der Waals surface area contributed by atoms with E-state index in [1.807, 2.05) is 36.4 Å². The molecule has 2 amide bonds. The average molecular weight is 433 g/mol. The average Bonchev–Trinajstić information content (AvgIpc) is 3.66. The Bertz CT molecular complexity index is 974. The third kappa shape index (κ3) is 5.28. The van der Waals surface area contributed by atoms with Crippen LogP contribution >= 0.6 is 0 Å². The molecule has 0 bridgehead atoms. The molecule has 5 nitrogen and oxygen atoms in total. The highest BCUT2D eigenvalue weighted by molar-refractivity contribution is 5.95. The zero-order chi connectivity index (χ0) is 22.4. The molecule has 32 heavy (non-hydrogen) atoms. The van der Waals surface area contributed by atoms with E-state index >= 15 is 0 Å². The normalized spacial score (nSPS) is 17.4. The molecule has 0 unspecified atom stereocenters. The van der Waals surface area contributed by atoms with Gasteiger partial charge in [-0.3, -0.25) is 9.59 Å². The Labute approximate surface area is 190 Å². The molecule has 2 fully saturated rings. The van der Waals surface area contributed by atoms with Crippen molar-refractivity contribution in [1.29, 1.82) is 0 Å². The molecule has 1 saturated carbocycles. The van der Waals surface area contributed by atoms with Crippen molar-refractivity contribution < 1.29 is 14.3 Å². The van der Waals surface area contributed by atoms with Gasteiger partial charge in [-0.05, 0) is 66.8 Å². The fourth-order valence-electron chi connectivity index (χ4n) is 4.41. The van der Waals surface area contributed by atoms with Crippen LogP contribution in [-0.4, -0.2) is 38.1 Å². The maximum Gasteiger partial charge on any atom is 0.251 e. The van der Waals surface area contributed by atoms with E-state index < -0.39 is 5.41 Å². The van der Waals surface area contributed by atoms with Gasteiger partial charge in [-0.1, -0.05) is 42.5 Å². The van der Waals surface area contributed by atoms with E-state index in [0.29, 0.717) is 50.5 Å². The molecule has 1 saturated heterocycles. The van der Waals surface area contributed by atoms with E-state index in [2.05, 4.69) is 29.3 Å². The van der Waals surface area contributed by atoms with Crippen LogP contribution in [0.5, 0.6) is 0 Å². The van der Waals surface area contributed by atoms with E-state index in [1.165, 1.54) is 12.8 Å². The molecule has 0 aromatic heterocycles. The van der Waals surface area contributed by atoms with Gasteiger partial charge in [0.2, 0.25) is 5.91 Å². The number of carbonyl (C=O) groups is 2. The Kier molecular flexibility index (Phi) is 7.05. The number of nitrogens with one attached hydrogen (secondary N) is 2. The van der Waals surface area contributed by atoms with E-state index in [0.717, 1.165) is 23.2 Å². The molecule has 2 aliphatic rings. The van der Waals surface area contributed by atoms with Gasteiger partial charge in [0.05, 0.1) is 5.41 Å². The number of benzene rings is 2. The number of hydrogen-bond donors (Lipinski definition) is 2. The highest BCUT2D eigenvalue weighted by Gasteiger charge is 2.40. The molecule has 0 spiro atoms. The molecule has 2 aromatic rings. The van der Waals surface area contributed by atoms with Crippen LogP contribution in [0, 0.1) is 11.3 Å². The molecule has 1 aliphatic heterocycles. The number of rotatable bonds is 9. The van der Waals surface area contributed by atoms with E-state index in [1.54, 1.807) is 6.08 Å². The Morgan fingerprint density at radius 2 is 1.84 bits per heavy atom. The summed E-state index contributed by atoms with van der Waals surface area (Å²) < 4.78 is 5.57. The summed E-state index contributed by atoms with van der Waals surface area (Å²) in [4.78, 5) is 25.8. The summed E-state index contributed by atoms with van der Waals surface area (Å²) in [5.41, 5.74) is 3.33. The molecular formula is C27H32N2O3. The van der Waals surface area contributed by atoms with E-state index in [-0.39, 0.29) is 11.8 Å². The van der Waals surface area contributed by atoms with Gasteiger partial charge in [0, 0.05) is 31.9 Å². The first-order chi connectivity index (χ1) is 15.6. The Hall–Kier alpha value is -2.92. The van der Waals surface area contributed by atoms with Gasteiger partial charge in [0.25, 0.3) is 5.91 Å². The van der Waals surface area contributed by atoms with Crippen molar-refractivity contribution in [1.82, 2.24) is 10.6 Å². The first-order valence-corrected chi connectivity index (χ1v) is 11.5. The summed E-state index contributed by atoms with van der Waals surface area (Å²) >= 11 is 0. The van der Waals surface area contributed by atoms with Gasteiger partial charge in [-0.25, -0.2) is 0 Å². The molecule has 5 heteroatoms. The van der Waals surface area contributed by atoms with Crippen LogP contribution in [-0.2, 0) is 16.0 Å². The van der Waals surface area contributed by atoms with Gasteiger partial charge < -0.3 is 15.4 Å². The second kappa shape index (κ2) is 10.1. The van der Waals surface area contributed by atoms with Crippen molar-refractivity contribution in [3.63, 3.8) is 0 Å². The van der Waals surface area contributed by atoms with Gasteiger partial charge in [0.15, 0.2) is 0 Å². The molecule has 0 radical (unpaired) electrons. The highest BCUT2D eigenvalue weighted by atomic mass is 16.5. The van der Waals surface area contributed by atoms with Crippen LogP contribution in [0.4, 0.5) is 0 Å². The second-order valence-electron chi connectivity index (χ2n) is 8.96. The fourth-order valence-corrected chi connectivity index (χ4v) is 4.41. The molecule has 2 N–H and O–H groups in total. The van der Waals surface area contributed by atoms with Gasteiger partial charge in [-0.2, -0.15) is 0 Å². The molecule has 1 heterocycles. The summed E-state index contributed by atoms with van der Waals surface area (Å²) in [6.45, 7) is 6.10. The maximum atomic E-state index is 13.1. The van der Waals surface area contributed by atoms with Crippen LogP contribution in [0.2, 0.25) is 0 Å². The van der Waals surface area contributed by atoms with Gasteiger partial charge >= 0.3 is 0 Å². The van der Waals surface area contributed by atoms with Gasteiger partial charge in [-0.15, -0.1) is 6.58 Å². The lowest BCUT2D eigenvalue weighted by molar-refractivity contribution is -0.136. The summed E-state index contributed by atoms with van der Waals surface area (Å²) in [6, 6.07) is 16.0. The van der Waals surface area contributed by atoms with E-state index in [4.69, 9.17) is 4.74 Å². The Balaban J connectivity index is 1.59. The zero-order valence-corrected chi connectivity index (χ0v) is 18.6. The number of ether oxygens (including phenoxy) is 1. The van der Waals surface area contributed by atoms with Crippen LogP contribution in [0.25, 0.3) is 11.1 Å². The third-order valence-corrected chi connectivity index (χ3v) is 6.57. The van der Waals surface area contributed by atoms with Crippen molar-refractivity contribution >= 4 is 11.8 Å². The second-order valence-corrected chi connectivity index (χ2v) is 8.96. The molecule has 1 aliphatic carbocycles. The largest absolute Gasteiger partial charge is 0.381 e. The van der Waals surface area contributed by atoms with Crippen LogP contribution in [0.1, 0.15) is 41.6 Å². The SMILES string of the molecule is C=CCNC(=O)C1(Cc2ccccc2-c2cccc(C(=O)NCC3CC3)c2)CCOCC1. The summed E-state index contributed by atoms with van der Waals surface area (Å²) in [5.74, 6) is 0.676. The number of carbonyl (C=O) groups excluding carboxylic acids is 2. The fraction of sp³-hybridized carbons (Fsp3) is 0.407. The minimum atomic E-state index is -0.503. The van der Waals surface area contributed by atoms with Crippen molar-refractivity contribution in [3.8, 4) is 11.1 Å². The van der Waals surface area contributed by atoms with Crippen LogP contribution in [0.15, 0.2) is 61.2 Å². The minimum Gasteiger partial charge on any atom is -0.381 e. The minimum absolute atomic E-state index is 0.0269. The lowest BCUT2D eigenvalue weighted by Gasteiger charge is -2.36. The lowest BCUT2D eigenvalue weighted by atomic mass is 9.73. The molecule has 2 aromatic carbocycles.